The molecule has 6 heteroatoms. The van der Waals surface area contributed by atoms with Gasteiger partial charge in [-0.3, -0.25) is 4.98 Å². The zero-order valence-electron chi connectivity index (χ0n) is 11.2. The number of hydrogen-bond acceptors (Lipinski definition) is 6. The van der Waals surface area contributed by atoms with Gasteiger partial charge in [-0.25, -0.2) is 0 Å². The van der Waals surface area contributed by atoms with Crippen molar-refractivity contribution in [2.75, 3.05) is 24.2 Å². The van der Waals surface area contributed by atoms with E-state index in [1.54, 1.807) is 6.20 Å². The zero-order valence-corrected chi connectivity index (χ0v) is 12.0. The highest BCUT2D eigenvalue weighted by molar-refractivity contribution is 7.11. The van der Waals surface area contributed by atoms with E-state index in [1.165, 1.54) is 24.4 Å². The highest BCUT2D eigenvalue weighted by Gasteiger charge is 2.17. The van der Waals surface area contributed by atoms with Crippen molar-refractivity contribution in [1.82, 2.24) is 9.36 Å². The molecule has 0 amide bonds. The minimum absolute atomic E-state index is 0.286. The quantitative estimate of drug-likeness (QED) is 0.906. The second-order valence-electron chi connectivity index (χ2n) is 4.88. The van der Waals surface area contributed by atoms with Gasteiger partial charge >= 0.3 is 0 Å². The summed E-state index contributed by atoms with van der Waals surface area (Å²) in [5.74, 6) is 0.551. The van der Waals surface area contributed by atoms with Crippen LogP contribution >= 0.6 is 11.5 Å². The third kappa shape index (κ3) is 2.91. The van der Waals surface area contributed by atoms with Gasteiger partial charge in [-0.1, -0.05) is 6.07 Å². The lowest BCUT2D eigenvalue weighted by Gasteiger charge is -2.23. The number of rotatable bonds is 4. The van der Waals surface area contributed by atoms with Gasteiger partial charge < -0.3 is 15.8 Å². The fourth-order valence-corrected chi connectivity index (χ4v) is 3.13. The Hall–Kier alpha value is -1.66. The number of hydrogen-bond donors (Lipinski definition) is 2. The summed E-state index contributed by atoms with van der Waals surface area (Å²) < 4.78 is 9.98. The number of aromatic nitrogens is 2. The van der Waals surface area contributed by atoms with E-state index in [9.17, 15) is 0 Å². The van der Waals surface area contributed by atoms with Gasteiger partial charge in [-0.2, -0.15) is 4.37 Å². The highest BCUT2D eigenvalue weighted by atomic mass is 32.1. The number of ether oxygens (including phenoxy) is 1. The summed E-state index contributed by atoms with van der Waals surface area (Å²) in [6.07, 6.45) is 7.38. The summed E-state index contributed by atoms with van der Waals surface area (Å²) in [7, 11) is 0. The molecule has 0 aliphatic carbocycles. The van der Waals surface area contributed by atoms with E-state index in [0.29, 0.717) is 5.82 Å². The normalized spacial score (nSPS) is 18.9. The van der Waals surface area contributed by atoms with E-state index in [4.69, 9.17) is 10.5 Å². The lowest BCUT2D eigenvalue weighted by atomic mass is 10.1. The Morgan fingerprint density at radius 2 is 2.40 bits per heavy atom. The molecule has 1 aliphatic rings. The largest absolute Gasteiger partial charge is 0.382 e. The number of nitrogens with two attached hydrogens (primary N) is 1. The predicted octanol–water partition coefficient (Wildman–Crippen LogP) is 2.77. The summed E-state index contributed by atoms with van der Waals surface area (Å²) in [6, 6.07) is 3.90. The molecule has 3 N–H and O–H groups in total. The van der Waals surface area contributed by atoms with Gasteiger partial charge in [0.2, 0.25) is 0 Å². The van der Waals surface area contributed by atoms with Crippen LogP contribution in [0.25, 0.3) is 11.1 Å². The second-order valence-corrected chi connectivity index (χ2v) is 5.66. The van der Waals surface area contributed by atoms with Crippen molar-refractivity contribution in [3.63, 3.8) is 0 Å². The third-order valence-corrected chi connectivity index (χ3v) is 4.25. The summed E-state index contributed by atoms with van der Waals surface area (Å²) in [5, 5.41) is 4.42. The van der Waals surface area contributed by atoms with Gasteiger partial charge in [0.15, 0.2) is 0 Å². The molecule has 0 saturated carbocycles. The maximum Gasteiger partial charge on any atom is 0.147 e. The number of pyridine rings is 1. The molecule has 106 valence electrons. The second kappa shape index (κ2) is 6.19. The van der Waals surface area contributed by atoms with Crippen molar-refractivity contribution in [2.24, 2.45) is 0 Å². The molecular weight excluding hydrogens is 272 g/mol. The van der Waals surface area contributed by atoms with Gasteiger partial charge in [0.1, 0.15) is 10.8 Å². The fraction of sp³-hybridized carbons (Fsp3) is 0.429. The van der Waals surface area contributed by atoms with Crippen LogP contribution in [0.15, 0.2) is 24.5 Å². The maximum atomic E-state index is 5.98. The number of nitrogen functional groups attached to an aromatic ring is 1. The Labute approximate surface area is 122 Å². The van der Waals surface area contributed by atoms with Gasteiger partial charge in [-0.15, -0.1) is 0 Å². The van der Waals surface area contributed by atoms with E-state index in [2.05, 4.69) is 14.7 Å². The molecule has 1 fully saturated rings. The van der Waals surface area contributed by atoms with Crippen LogP contribution in [0.4, 0.5) is 10.8 Å². The molecule has 2 aromatic rings. The molecule has 0 bridgehead atoms. The third-order valence-electron chi connectivity index (χ3n) is 3.43. The van der Waals surface area contributed by atoms with Crippen molar-refractivity contribution < 1.29 is 4.74 Å². The molecule has 20 heavy (non-hydrogen) atoms. The van der Waals surface area contributed by atoms with Crippen LogP contribution in [-0.2, 0) is 4.74 Å². The van der Waals surface area contributed by atoms with Crippen LogP contribution in [0.5, 0.6) is 0 Å². The Kier molecular flexibility index (Phi) is 4.13. The van der Waals surface area contributed by atoms with E-state index in [1.807, 2.05) is 18.3 Å². The lowest BCUT2D eigenvalue weighted by Crippen LogP contribution is -2.26. The molecule has 1 aliphatic heterocycles. The summed E-state index contributed by atoms with van der Waals surface area (Å²) >= 11 is 1.39. The van der Waals surface area contributed by atoms with Crippen LogP contribution in [-0.4, -0.2) is 28.6 Å². The fourth-order valence-electron chi connectivity index (χ4n) is 2.39. The predicted molar refractivity (Wildman–Crippen MR) is 81.8 cm³/mol. The first kappa shape index (κ1) is 13.3. The van der Waals surface area contributed by atoms with Crippen LogP contribution in [0, 0.1) is 0 Å². The average Bonchev–Trinajstić information content (AvgIpc) is 2.88. The SMILES string of the molecule is Nc1nsc(NCC2CCCCO2)c1-c1cccnc1. The summed E-state index contributed by atoms with van der Waals surface area (Å²) in [4.78, 5) is 4.14. The first-order valence-electron chi connectivity index (χ1n) is 6.85. The monoisotopic (exact) mass is 290 g/mol. The van der Waals surface area contributed by atoms with Crippen molar-refractivity contribution in [3.8, 4) is 11.1 Å². The molecule has 0 spiro atoms. The number of anilines is 2. The minimum Gasteiger partial charge on any atom is -0.382 e. The van der Waals surface area contributed by atoms with E-state index >= 15 is 0 Å². The van der Waals surface area contributed by atoms with Gasteiger partial charge in [0.05, 0.1) is 11.7 Å². The van der Waals surface area contributed by atoms with Crippen molar-refractivity contribution >= 4 is 22.4 Å². The van der Waals surface area contributed by atoms with E-state index < -0.39 is 0 Å². The molecule has 5 nitrogen and oxygen atoms in total. The van der Waals surface area contributed by atoms with E-state index in [-0.39, 0.29) is 6.10 Å². The molecule has 1 unspecified atom stereocenters. The molecule has 2 aromatic heterocycles. The lowest BCUT2D eigenvalue weighted by molar-refractivity contribution is 0.0248. The molecular formula is C14H18N4OS. The van der Waals surface area contributed by atoms with Crippen molar-refractivity contribution in [2.45, 2.75) is 25.4 Å². The topological polar surface area (TPSA) is 73.1 Å². The number of nitrogens with zero attached hydrogens (tertiary/aromatic N) is 2. The molecule has 0 aromatic carbocycles. The van der Waals surface area contributed by atoms with Crippen LogP contribution in [0.2, 0.25) is 0 Å². The van der Waals surface area contributed by atoms with Gasteiger partial charge in [0.25, 0.3) is 0 Å². The van der Waals surface area contributed by atoms with Gasteiger partial charge in [-0.05, 0) is 36.9 Å². The van der Waals surface area contributed by atoms with Crippen molar-refractivity contribution in [1.29, 1.82) is 0 Å². The first-order chi connectivity index (χ1) is 9.84. The standard InChI is InChI=1S/C14H18N4OS/c15-13-12(10-4-3-6-16-8-10)14(20-18-13)17-9-11-5-1-2-7-19-11/h3-4,6,8,11,17H,1-2,5,7,9H2,(H2,15,18). The zero-order chi connectivity index (χ0) is 13.8. The number of nitrogens with one attached hydrogen (secondary N) is 1. The Bertz CT molecular complexity index is 552. The molecule has 0 radical (unpaired) electrons. The maximum absolute atomic E-state index is 5.98. The van der Waals surface area contributed by atoms with Crippen LogP contribution in [0.3, 0.4) is 0 Å². The highest BCUT2D eigenvalue weighted by Crippen LogP contribution is 2.36. The van der Waals surface area contributed by atoms with Crippen LogP contribution < -0.4 is 11.1 Å². The molecule has 3 rings (SSSR count). The molecule has 1 atom stereocenters. The Morgan fingerprint density at radius 3 is 3.15 bits per heavy atom. The average molecular weight is 290 g/mol. The smallest absolute Gasteiger partial charge is 0.147 e. The first-order valence-corrected chi connectivity index (χ1v) is 7.63. The summed E-state index contributed by atoms with van der Waals surface area (Å²) in [6.45, 7) is 1.67. The minimum atomic E-state index is 0.286. The van der Waals surface area contributed by atoms with Crippen LogP contribution in [0.1, 0.15) is 19.3 Å². The van der Waals surface area contributed by atoms with E-state index in [0.717, 1.165) is 35.7 Å². The summed E-state index contributed by atoms with van der Waals surface area (Å²) in [5.41, 5.74) is 7.92. The molecule has 3 heterocycles. The van der Waals surface area contributed by atoms with Gasteiger partial charge in [0, 0.05) is 31.1 Å². The van der Waals surface area contributed by atoms with Crippen molar-refractivity contribution in [3.05, 3.63) is 24.5 Å². The Balaban J connectivity index is 1.74. The Morgan fingerprint density at radius 1 is 1.45 bits per heavy atom. The molecule has 1 saturated heterocycles.